The van der Waals surface area contributed by atoms with Gasteiger partial charge in [0.15, 0.2) is 6.04 Å². The molecule has 1 amide bonds. The zero-order valence-electron chi connectivity index (χ0n) is 16.6. The van der Waals surface area contributed by atoms with Crippen molar-refractivity contribution in [3.63, 3.8) is 0 Å². The Hall–Kier alpha value is -3.26. The minimum atomic E-state index is -0.254. The van der Waals surface area contributed by atoms with Crippen LogP contribution in [0.2, 0.25) is 0 Å². The number of imidazole rings is 1. The topological polar surface area (TPSA) is 94.7 Å². The number of amides is 1. The number of aromatic amines is 2. The molecule has 0 radical (unpaired) electrons. The molecule has 29 heavy (non-hydrogen) atoms. The number of H-pyrrole nitrogens is 2. The van der Waals surface area contributed by atoms with Crippen LogP contribution in [0.3, 0.4) is 0 Å². The molecule has 2 aromatic carbocycles. The highest BCUT2D eigenvalue weighted by Crippen LogP contribution is 2.19. The van der Waals surface area contributed by atoms with Crippen LogP contribution >= 0.6 is 0 Å². The van der Waals surface area contributed by atoms with Gasteiger partial charge in [0.1, 0.15) is 5.75 Å². The van der Waals surface area contributed by atoms with Gasteiger partial charge < -0.3 is 29.8 Å². The van der Waals surface area contributed by atoms with Crippen LogP contribution < -0.4 is 25.5 Å². The molecule has 1 atom stereocenters. The molecule has 0 bridgehead atoms. The van der Waals surface area contributed by atoms with Crippen molar-refractivity contribution in [1.82, 2.24) is 9.97 Å². The van der Waals surface area contributed by atoms with E-state index in [9.17, 15) is 9.59 Å². The van der Waals surface area contributed by atoms with Gasteiger partial charge in [0.2, 0.25) is 0 Å². The Kier molecular flexibility index (Phi) is 5.26. The first-order valence-electron chi connectivity index (χ1n) is 9.80. The van der Waals surface area contributed by atoms with Crippen LogP contribution in [0.25, 0.3) is 11.0 Å². The van der Waals surface area contributed by atoms with Gasteiger partial charge in [-0.2, -0.15) is 0 Å². The van der Waals surface area contributed by atoms with E-state index in [0.29, 0.717) is 11.2 Å². The van der Waals surface area contributed by atoms with E-state index in [-0.39, 0.29) is 17.6 Å². The number of nitrogens with one attached hydrogen (secondary N) is 4. The number of carbonyl (C=O) groups is 1. The molecule has 2 heterocycles. The average molecular weight is 396 g/mol. The number of piperazine rings is 1. The normalized spacial score (nSPS) is 16.0. The standard InChI is InChI=1S/C21H25N5O3/c1-14(20(27)22-15-3-8-18-19(13-15)24-21(28)23-18)25-9-11-26(12-10-25)16-4-6-17(29-2)7-5-16/h3-8,13-14H,9-12H2,1-2H3,(H,22,27)(H2,23,24,28)/p+1/t14-/m1/s1. The minimum absolute atomic E-state index is 0.0184. The van der Waals surface area contributed by atoms with Crippen molar-refractivity contribution in [1.29, 1.82) is 0 Å². The Balaban J connectivity index is 1.34. The van der Waals surface area contributed by atoms with E-state index in [4.69, 9.17) is 4.74 Å². The van der Waals surface area contributed by atoms with E-state index in [1.54, 1.807) is 25.3 Å². The molecule has 3 aromatic rings. The number of fused-ring (bicyclic) bond motifs is 1. The van der Waals surface area contributed by atoms with Crippen LogP contribution in [-0.2, 0) is 4.79 Å². The summed E-state index contributed by atoms with van der Waals surface area (Å²) in [5, 5.41) is 2.97. The number of anilines is 2. The second kappa shape index (κ2) is 8.00. The number of hydrogen-bond acceptors (Lipinski definition) is 4. The second-order valence-corrected chi connectivity index (χ2v) is 7.39. The number of hydrogen-bond donors (Lipinski definition) is 4. The Morgan fingerprint density at radius 1 is 1.10 bits per heavy atom. The van der Waals surface area contributed by atoms with Crippen LogP contribution in [-0.4, -0.2) is 55.2 Å². The van der Waals surface area contributed by atoms with E-state index < -0.39 is 0 Å². The number of methoxy groups -OCH3 is 1. The molecule has 8 nitrogen and oxygen atoms in total. The molecule has 1 aliphatic rings. The van der Waals surface area contributed by atoms with Gasteiger partial charge in [-0.1, -0.05) is 0 Å². The monoisotopic (exact) mass is 396 g/mol. The van der Waals surface area contributed by atoms with E-state index in [0.717, 1.165) is 37.4 Å². The Morgan fingerprint density at radius 2 is 1.79 bits per heavy atom. The van der Waals surface area contributed by atoms with Crippen LogP contribution in [0.5, 0.6) is 5.75 Å². The molecule has 8 heteroatoms. The Bertz CT molecular complexity index is 1050. The highest BCUT2D eigenvalue weighted by Gasteiger charge is 2.29. The van der Waals surface area contributed by atoms with Crippen molar-refractivity contribution in [2.45, 2.75) is 13.0 Å². The van der Waals surface area contributed by atoms with Crippen LogP contribution in [0.4, 0.5) is 11.4 Å². The Morgan fingerprint density at radius 3 is 2.48 bits per heavy atom. The van der Waals surface area contributed by atoms with Crippen LogP contribution in [0.15, 0.2) is 47.3 Å². The van der Waals surface area contributed by atoms with E-state index >= 15 is 0 Å². The number of quaternary nitrogens is 1. The SMILES string of the molecule is COc1ccc(N2CC[NH+]([C@H](C)C(=O)Nc3ccc4[nH]c(=O)[nH]c4c3)CC2)cc1. The lowest BCUT2D eigenvalue weighted by Crippen LogP contribution is -3.19. The molecule has 4 rings (SSSR count). The first kappa shape index (κ1) is 19.1. The third kappa shape index (κ3) is 4.12. The van der Waals surface area contributed by atoms with Gasteiger partial charge in [-0.15, -0.1) is 0 Å². The first-order valence-corrected chi connectivity index (χ1v) is 9.80. The Labute approximate surface area is 168 Å². The van der Waals surface area contributed by atoms with E-state index in [1.165, 1.54) is 10.6 Å². The number of benzene rings is 2. The van der Waals surface area contributed by atoms with Crippen molar-refractivity contribution in [3.8, 4) is 5.75 Å². The molecule has 1 saturated heterocycles. The summed E-state index contributed by atoms with van der Waals surface area (Å²) in [4.78, 5) is 33.1. The van der Waals surface area contributed by atoms with Gasteiger partial charge in [0.05, 0.1) is 44.3 Å². The highest BCUT2D eigenvalue weighted by molar-refractivity contribution is 5.95. The predicted octanol–water partition coefficient (Wildman–Crippen LogP) is 0.597. The highest BCUT2D eigenvalue weighted by atomic mass is 16.5. The van der Waals surface area contributed by atoms with Crippen molar-refractivity contribution >= 4 is 28.3 Å². The minimum Gasteiger partial charge on any atom is -0.497 e. The lowest BCUT2D eigenvalue weighted by Gasteiger charge is -2.36. The third-order valence-electron chi connectivity index (χ3n) is 5.63. The van der Waals surface area contributed by atoms with Crippen LogP contribution in [0, 0.1) is 0 Å². The van der Waals surface area contributed by atoms with E-state index in [2.05, 4.69) is 32.3 Å². The molecule has 4 N–H and O–H groups in total. The van der Waals surface area contributed by atoms with Gasteiger partial charge in [-0.05, 0) is 49.4 Å². The maximum Gasteiger partial charge on any atom is 0.323 e. The van der Waals surface area contributed by atoms with Gasteiger partial charge in [0.25, 0.3) is 5.91 Å². The van der Waals surface area contributed by atoms with Crippen LogP contribution in [0.1, 0.15) is 6.92 Å². The number of rotatable bonds is 5. The number of nitrogens with zero attached hydrogens (tertiary/aromatic N) is 1. The fraction of sp³-hybridized carbons (Fsp3) is 0.333. The molecule has 1 aromatic heterocycles. The summed E-state index contributed by atoms with van der Waals surface area (Å²) in [6, 6.07) is 13.3. The summed E-state index contributed by atoms with van der Waals surface area (Å²) in [5.74, 6) is 0.834. The van der Waals surface area contributed by atoms with Gasteiger partial charge in [0, 0.05) is 11.4 Å². The predicted molar refractivity (Wildman–Crippen MR) is 113 cm³/mol. The number of aromatic nitrogens is 2. The van der Waals surface area contributed by atoms with Crippen molar-refractivity contribution in [2.75, 3.05) is 43.5 Å². The average Bonchev–Trinajstić information content (AvgIpc) is 3.12. The lowest BCUT2D eigenvalue weighted by atomic mass is 10.2. The molecular formula is C21H26N5O3+. The summed E-state index contributed by atoms with van der Waals surface area (Å²) < 4.78 is 5.22. The zero-order chi connectivity index (χ0) is 20.4. The largest absolute Gasteiger partial charge is 0.497 e. The molecule has 152 valence electrons. The van der Waals surface area contributed by atoms with Crippen molar-refractivity contribution < 1.29 is 14.4 Å². The fourth-order valence-corrected chi connectivity index (χ4v) is 3.82. The molecule has 1 fully saturated rings. The summed E-state index contributed by atoms with van der Waals surface area (Å²) in [7, 11) is 1.67. The van der Waals surface area contributed by atoms with Gasteiger partial charge >= 0.3 is 5.69 Å². The zero-order valence-corrected chi connectivity index (χ0v) is 16.6. The maximum absolute atomic E-state index is 12.7. The first-order chi connectivity index (χ1) is 14.0. The quantitative estimate of drug-likeness (QED) is 0.508. The summed E-state index contributed by atoms with van der Waals surface area (Å²) in [5.41, 5.74) is 3.01. The summed E-state index contributed by atoms with van der Waals surface area (Å²) in [6.07, 6.45) is 0. The molecule has 1 aliphatic heterocycles. The van der Waals surface area contributed by atoms with Crippen molar-refractivity contribution in [2.24, 2.45) is 0 Å². The summed E-state index contributed by atoms with van der Waals surface area (Å²) in [6.45, 7) is 5.55. The van der Waals surface area contributed by atoms with Crippen molar-refractivity contribution in [3.05, 3.63) is 52.9 Å². The maximum atomic E-state index is 12.7. The van der Waals surface area contributed by atoms with E-state index in [1.807, 2.05) is 19.1 Å². The van der Waals surface area contributed by atoms with Gasteiger partial charge in [-0.25, -0.2) is 4.79 Å². The smallest absolute Gasteiger partial charge is 0.323 e. The molecule has 0 aliphatic carbocycles. The summed E-state index contributed by atoms with van der Waals surface area (Å²) >= 11 is 0. The number of carbonyl (C=O) groups excluding carboxylic acids is 1. The fourth-order valence-electron chi connectivity index (χ4n) is 3.82. The molecule has 0 spiro atoms. The molecular weight excluding hydrogens is 370 g/mol. The number of ether oxygens (including phenoxy) is 1. The molecule has 0 saturated carbocycles. The second-order valence-electron chi connectivity index (χ2n) is 7.39. The molecule has 0 unspecified atom stereocenters. The third-order valence-corrected chi connectivity index (χ3v) is 5.63. The lowest BCUT2D eigenvalue weighted by molar-refractivity contribution is -0.914. The van der Waals surface area contributed by atoms with Gasteiger partial charge in [-0.3, -0.25) is 4.79 Å².